The van der Waals surface area contributed by atoms with Crippen LogP contribution in [0.1, 0.15) is 6.23 Å². The van der Waals surface area contributed by atoms with E-state index in [1.165, 1.54) is 6.07 Å². The van der Waals surface area contributed by atoms with Crippen molar-refractivity contribution < 1.29 is 65.3 Å². The molecule has 40 heavy (non-hydrogen) atoms. The molecule has 230 valence electrons. The molecule has 1 unspecified atom stereocenters. The molecule has 2 aliphatic rings. The van der Waals surface area contributed by atoms with Gasteiger partial charge in [-0.3, -0.25) is 4.57 Å². The summed E-state index contributed by atoms with van der Waals surface area (Å²) in [6.07, 6.45) is -23.4. The molecule has 0 spiro atoms. The van der Waals surface area contributed by atoms with E-state index in [4.69, 9.17) is 36.5 Å². The summed E-state index contributed by atoms with van der Waals surface area (Å²) in [6, 6.07) is -1.90. The van der Waals surface area contributed by atoms with Crippen LogP contribution in [0.4, 0.5) is 5.82 Å². The smallest absolute Gasteiger partial charge is 0.351 e. The molecule has 3 heterocycles. The van der Waals surface area contributed by atoms with Gasteiger partial charge in [-0.25, -0.2) is 4.79 Å². The normalized spacial score (nSPS) is 38.8. The van der Waals surface area contributed by atoms with Crippen molar-refractivity contribution in [3.63, 3.8) is 0 Å². The minimum Gasteiger partial charge on any atom is -0.394 e. The predicted octanol–water partition coefficient (Wildman–Crippen LogP) is -8.64. The molecule has 0 aliphatic carbocycles. The number of nitrogens with zero attached hydrogens (tertiary/aromatic N) is 2. The van der Waals surface area contributed by atoms with Gasteiger partial charge in [0.1, 0.15) is 73.0 Å². The van der Waals surface area contributed by atoms with E-state index in [2.05, 4.69) is 4.98 Å². The van der Waals surface area contributed by atoms with Gasteiger partial charge in [-0.1, -0.05) is 0 Å². The summed E-state index contributed by atoms with van der Waals surface area (Å²) < 4.78 is 17.5. The number of rotatable bonds is 10. The maximum Gasteiger partial charge on any atom is 0.351 e. The molecule has 2 saturated heterocycles. The van der Waals surface area contributed by atoms with Gasteiger partial charge < -0.3 is 82.5 Å². The zero-order valence-corrected chi connectivity index (χ0v) is 21.0. The summed E-state index contributed by atoms with van der Waals surface area (Å²) in [6.45, 7) is -1.80. The molecule has 3 rings (SSSR count). The van der Waals surface area contributed by atoms with E-state index in [0.29, 0.717) is 0 Å². The van der Waals surface area contributed by atoms with Crippen LogP contribution in [-0.4, -0.2) is 159 Å². The van der Waals surface area contributed by atoms with Crippen molar-refractivity contribution in [2.24, 2.45) is 11.5 Å². The fourth-order valence-corrected chi connectivity index (χ4v) is 4.54. The first kappa shape index (κ1) is 32.6. The van der Waals surface area contributed by atoms with Gasteiger partial charge in [0.2, 0.25) is 0 Å². The van der Waals surface area contributed by atoms with E-state index < -0.39 is 111 Å². The second kappa shape index (κ2) is 13.4. The molecule has 1 aromatic heterocycles. The molecule has 2 fully saturated rings. The molecule has 16 N–H and O–H groups in total. The standard InChI is InChI=1S/C21H37N5O14/c22-7-1-2-26(21(37)25-7)19-16(36)12(32)9(24)17(39-19)18(15(35)14(34)10(30)5(29)3-27)40-20-13(33)8(23)11(31)6(4-28)38-20/h1-2,5-6,8-20,27-36H,3-4,23-24H2,(H2,22,25,37)/t5-,6-,8+,9+,10-,11-,12+,13-,14+,15+,16-,17+,18?,19-,20+/m1/s1. The molecule has 19 nitrogen and oxygen atoms in total. The zero-order valence-electron chi connectivity index (χ0n) is 21.0. The first-order valence-electron chi connectivity index (χ1n) is 12.2. The Balaban J connectivity index is 2.02. The van der Waals surface area contributed by atoms with E-state index in [0.717, 1.165) is 10.8 Å². The Kier molecular flexibility index (Phi) is 10.9. The largest absolute Gasteiger partial charge is 0.394 e. The van der Waals surface area contributed by atoms with Crippen LogP contribution in [0.3, 0.4) is 0 Å². The number of nitrogen functional groups attached to an aromatic ring is 1. The Hall–Kier alpha value is -1.92. The summed E-state index contributed by atoms with van der Waals surface area (Å²) in [7, 11) is 0. The molecule has 19 heteroatoms. The minimum atomic E-state index is -2.29. The lowest BCUT2D eigenvalue weighted by Gasteiger charge is -2.48. The third-order valence-electron chi connectivity index (χ3n) is 7.01. The molecule has 0 saturated carbocycles. The monoisotopic (exact) mass is 583 g/mol. The summed E-state index contributed by atoms with van der Waals surface area (Å²) >= 11 is 0. The number of hydrogen-bond acceptors (Lipinski definition) is 18. The molecule has 0 amide bonds. The van der Waals surface area contributed by atoms with Gasteiger partial charge in [0.15, 0.2) is 12.5 Å². The minimum absolute atomic E-state index is 0.170. The van der Waals surface area contributed by atoms with Crippen molar-refractivity contribution in [1.82, 2.24) is 9.55 Å². The number of nitrogens with two attached hydrogens (primary N) is 3. The molecule has 2 aliphatic heterocycles. The number of aromatic nitrogens is 2. The van der Waals surface area contributed by atoms with E-state index >= 15 is 0 Å². The molecule has 1 aromatic rings. The average Bonchev–Trinajstić information content (AvgIpc) is 2.93. The van der Waals surface area contributed by atoms with Crippen molar-refractivity contribution in [2.75, 3.05) is 18.9 Å². The van der Waals surface area contributed by atoms with Crippen LogP contribution in [0.5, 0.6) is 0 Å². The van der Waals surface area contributed by atoms with Crippen molar-refractivity contribution in [2.45, 2.75) is 91.7 Å². The van der Waals surface area contributed by atoms with E-state index in [1.54, 1.807) is 0 Å². The van der Waals surface area contributed by atoms with E-state index in [1.807, 2.05) is 0 Å². The van der Waals surface area contributed by atoms with Crippen LogP contribution in [0, 0.1) is 0 Å². The SMILES string of the molecule is Nc1ccn([C@@H]2O[C@H](C(O[C@@H]3O[C@H](CO)[C@@H](O)[C@H](N)[C@H]3O)[C@@H](O)[C@@H](O)[C@H](O)[C@H](O)CO)[C@@H](N)[C@H](O)[C@H]2O)c(=O)n1. The lowest BCUT2D eigenvalue weighted by atomic mass is 9.87. The van der Waals surface area contributed by atoms with Crippen LogP contribution in [-0.2, 0) is 14.2 Å². The molecular weight excluding hydrogens is 546 g/mol. The first-order chi connectivity index (χ1) is 18.7. The predicted molar refractivity (Wildman–Crippen MR) is 129 cm³/mol. The zero-order chi connectivity index (χ0) is 30.0. The fraction of sp³-hybridized carbons (Fsp3) is 0.810. The van der Waals surface area contributed by atoms with Crippen LogP contribution in [0.25, 0.3) is 0 Å². The van der Waals surface area contributed by atoms with Gasteiger partial charge in [-0.15, -0.1) is 0 Å². The Labute approximate surface area is 226 Å². The quantitative estimate of drug-likeness (QED) is 0.121. The second-order valence-electron chi connectivity index (χ2n) is 9.70. The van der Waals surface area contributed by atoms with E-state index in [-0.39, 0.29) is 5.82 Å². The lowest BCUT2D eigenvalue weighted by molar-refractivity contribution is -0.326. The van der Waals surface area contributed by atoms with Crippen molar-refractivity contribution in [3.8, 4) is 0 Å². The van der Waals surface area contributed by atoms with Crippen LogP contribution in [0.2, 0.25) is 0 Å². The van der Waals surface area contributed by atoms with Gasteiger partial charge in [-0.2, -0.15) is 4.98 Å². The summed E-state index contributed by atoms with van der Waals surface area (Å²) in [5.41, 5.74) is 16.3. The van der Waals surface area contributed by atoms with Gasteiger partial charge in [-0.05, 0) is 6.07 Å². The Bertz CT molecular complexity index is 1020. The van der Waals surface area contributed by atoms with Crippen LogP contribution < -0.4 is 22.9 Å². The van der Waals surface area contributed by atoms with Crippen LogP contribution >= 0.6 is 0 Å². The molecule has 0 aromatic carbocycles. The summed E-state index contributed by atoms with van der Waals surface area (Å²) in [4.78, 5) is 15.9. The number of hydrogen-bond donors (Lipinski definition) is 13. The highest BCUT2D eigenvalue weighted by Crippen LogP contribution is 2.33. The summed E-state index contributed by atoms with van der Waals surface area (Å²) in [5, 5.41) is 102. The van der Waals surface area contributed by atoms with Gasteiger partial charge in [0.25, 0.3) is 0 Å². The van der Waals surface area contributed by atoms with Crippen LogP contribution in [0.15, 0.2) is 17.1 Å². The second-order valence-corrected chi connectivity index (χ2v) is 9.70. The van der Waals surface area contributed by atoms with Crippen molar-refractivity contribution >= 4 is 5.82 Å². The third kappa shape index (κ3) is 6.43. The van der Waals surface area contributed by atoms with Crippen molar-refractivity contribution in [3.05, 3.63) is 22.7 Å². The van der Waals surface area contributed by atoms with Gasteiger partial charge >= 0.3 is 5.69 Å². The van der Waals surface area contributed by atoms with Crippen molar-refractivity contribution in [1.29, 1.82) is 0 Å². The fourth-order valence-electron chi connectivity index (χ4n) is 4.54. The number of aliphatic hydroxyl groups excluding tert-OH is 10. The maximum absolute atomic E-state index is 12.4. The van der Waals surface area contributed by atoms with E-state index in [9.17, 15) is 50.8 Å². The maximum atomic E-state index is 12.4. The highest BCUT2D eigenvalue weighted by molar-refractivity contribution is 5.23. The molecule has 0 radical (unpaired) electrons. The average molecular weight is 584 g/mol. The Morgan fingerprint density at radius 1 is 0.925 bits per heavy atom. The Morgan fingerprint density at radius 3 is 2.15 bits per heavy atom. The Morgan fingerprint density at radius 2 is 1.57 bits per heavy atom. The third-order valence-corrected chi connectivity index (χ3v) is 7.01. The molecular formula is C21H37N5O14. The number of aliphatic hydroxyl groups is 10. The highest BCUT2D eigenvalue weighted by atomic mass is 16.7. The number of ether oxygens (including phenoxy) is 3. The molecule has 15 atom stereocenters. The highest BCUT2D eigenvalue weighted by Gasteiger charge is 2.53. The molecule has 0 bridgehead atoms. The lowest BCUT2D eigenvalue weighted by Crippen LogP contribution is -2.69. The topological polar surface area (TPSA) is 343 Å². The van der Waals surface area contributed by atoms with Gasteiger partial charge in [0, 0.05) is 6.20 Å². The summed E-state index contributed by atoms with van der Waals surface area (Å²) in [5.74, 6) is -0.170. The van der Waals surface area contributed by atoms with Gasteiger partial charge in [0.05, 0.1) is 25.3 Å². The first-order valence-corrected chi connectivity index (χ1v) is 12.2. The number of anilines is 1.